The Kier molecular flexibility index (Phi) is 4.29. The summed E-state index contributed by atoms with van der Waals surface area (Å²) in [5.74, 6) is 0.959. The maximum Gasteiger partial charge on any atom is 0.234 e. The average Bonchev–Trinajstić information content (AvgIpc) is 2.71. The zero-order chi connectivity index (χ0) is 14.7. The number of nitrogens with one attached hydrogen (secondary N) is 1. The smallest absolute Gasteiger partial charge is 0.234 e. The molecule has 20 heavy (non-hydrogen) atoms. The van der Waals surface area contributed by atoms with Crippen molar-refractivity contribution in [3.05, 3.63) is 29.6 Å². The summed E-state index contributed by atoms with van der Waals surface area (Å²) in [6, 6.07) is 5.54. The third-order valence-electron chi connectivity index (χ3n) is 2.87. The van der Waals surface area contributed by atoms with Crippen LogP contribution in [0.2, 0.25) is 0 Å². The van der Waals surface area contributed by atoms with Gasteiger partial charge in [0, 0.05) is 7.05 Å². The van der Waals surface area contributed by atoms with Gasteiger partial charge in [-0.1, -0.05) is 17.8 Å². The summed E-state index contributed by atoms with van der Waals surface area (Å²) in [4.78, 5) is 11.9. The van der Waals surface area contributed by atoms with Crippen molar-refractivity contribution in [1.82, 2.24) is 14.8 Å². The number of nitrogens with zero attached hydrogens (tertiary/aromatic N) is 3. The van der Waals surface area contributed by atoms with E-state index in [4.69, 9.17) is 5.73 Å². The summed E-state index contributed by atoms with van der Waals surface area (Å²) in [6.45, 7) is 3.82. The third-order valence-corrected chi connectivity index (χ3v) is 3.89. The molecule has 0 radical (unpaired) electrons. The molecule has 7 heteroatoms. The van der Waals surface area contributed by atoms with E-state index in [0.717, 1.165) is 16.5 Å². The van der Waals surface area contributed by atoms with Crippen LogP contribution in [0.25, 0.3) is 0 Å². The molecule has 1 heterocycles. The number of nitrogens with two attached hydrogens (primary N) is 1. The molecule has 6 nitrogen and oxygen atoms in total. The molecule has 0 spiro atoms. The predicted molar refractivity (Wildman–Crippen MR) is 80.7 cm³/mol. The van der Waals surface area contributed by atoms with Crippen molar-refractivity contribution in [3.63, 3.8) is 0 Å². The Hall–Kier alpha value is -2.02. The molecule has 1 aromatic heterocycles. The first-order chi connectivity index (χ1) is 9.47. The predicted octanol–water partition coefficient (Wildman–Crippen LogP) is 1.74. The van der Waals surface area contributed by atoms with E-state index in [2.05, 4.69) is 15.5 Å². The van der Waals surface area contributed by atoms with Gasteiger partial charge in [0.15, 0.2) is 5.16 Å². The summed E-state index contributed by atoms with van der Waals surface area (Å²) in [5.41, 5.74) is 8.12. The van der Waals surface area contributed by atoms with E-state index in [1.807, 2.05) is 37.6 Å². The monoisotopic (exact) mass is 291 g/mol. The number of amides is 1. The Morgan fingerprint density at radius 2 is 2.15 bits per heavy atom. The number of carbonyl (C=O) groups is 1. The topological polar surface area (TPSA) is 85.8 Å². The fraction of sp³-hybridized carbons (Fsp3) is 0.308. The van der Waals surface area contributed by atoms with E-state index in [1.54, 1.807) is 6.07 Å². The molecule has 2 rings (SSSR count). The molecule has 1 aromatic carbocycles. The van der Waals surface area contributed by atoms with Crippen LogP contribution in [0.3, 0.4) is 0 Å². The standard InChI is InChI=1S/C13H17N5OS/c1-8-4-5-11(10(14)6-8)15-12(19)7-20-13-17-16-9(2)18(13)3/h4-6H,7,14H2,1-3H3,(H,15,19). The minimum atomic E-state index is -0.119. The number of anilines is 2. The Morgan fingerprint density at radius 1 is 1.40 bits per heavy atom. The summed E-state index contributed by atoms with van der Waals surface area (Å²) < 4.78 is 1.85. The molecule has 106 valence electrons. The van der Waals surface area contributed by atoms with Crippen molar-refractivity contribution >= 4 is 29.0 Å². The van der Waals surface area contributed by atoms with Gasteiger partial charge in [-0.05, 0) is 31.5 Å². The Bertz CT molecular complexity index is 638. The first kappa shape index (κ1) is 14.4. The van der Waals surface area contributed by atoms with E-state index in [9.17, 15) is 4.79 Å². The van der Waals surface area contributed by atoms with Crippen LogP contribution in [0.5, 0.6) is 0 Å². The number of hydrogen-bond acceptors (Lipinski definition) is 5. The van der Waals surface area contributed by atoms with Gasteiger partial charge in [0.05, 0.1) is 17.1 Å². The molecule has 0 saturated heterocycles. The number of thioether (sulfide) groups is 1. The molecule has 0 bridgehead atoms. The zero-order valence-electron chi connectivity index (χ0n) is 11.7. The second-order valence-corrected chi connectivity index (χ2v) is 5.46. The zero-order valence-corrected chi connectivity index (χ0v) is 12.5. The van der Waals surface area contributed by atoms with E-state index in [0.29, 0.717) is 11.4 Å². The molecule has 3 N–H and O–H groups in total. The summed E-state index contributed by atoms with van der Waals surface area (Å²) in [5, 5.41) is 11.4. The summed E-state index contributed by atoms with van der Waals surface area (Å²) >= 11 is 1.34. The lowest BCUT2D eigenvalue weighted by Crippen LogP contribution is -2.15. The van der Waals surface area contributed by atoms with Crippen molar-refractivity contribution < 1.29 is 4.79 Å². The normalized spacial score (nSPS) is 10.6. The van der Waals surface area contributed by atoms with Crippen molar-refractivity contribution in [3.8, 4) is 0 Å². The van der Waals surface area contributed by atoms with Gasteiger partial charge in [0.2, 0.25) is 5.91 Å². The molecule has 2 aromatic rings. The molecule has 0 saturated carbocycles. The fourth-order valence-electron chi connectivity index (χ4n) is 1.63. The van der Waals surface area contributed by atoms with Gasteiger partial charge in [-0.3, -0.25) is 4.79 Å². The van der Waals surface area contributed by atoms with E-state index in [-0.39, 0.29) is 11.7 Å². The fourth-order valence-corrected chi connectivity index (χ4v) is 2.38. The lowest BCUT2D eigenvalue weighted by molar-refractivity contribution is -0.113. The number of aromatic nitrogens is 3. The lowest BCUT2D eigenvalue weighted by Gasteiger charge is -2.08. The molecular formula is C13H17N5OS. The average molecular weight is 291 g/mol. The van der Waals surface area contributed by atoms with E-state index in [1.165, 1.54) is 11.8 Å². The van der Waals surface area contributed by atoms with Crippen molar-refractivity contribution in [2.75, 3.05) is 16.8 Å². The van der Waals surface area contributed by atoms with Crippen LogP contribution >= 0.6 is 11.8 Å². The summed E-state index contributed by atoms with van der Waals surface area (Å²) in [6.07, 6.45) is 0. The number of hydrogen-bond donors (Lipinski definition) is 2. The minimum absolute atomic E-state index is 0.119. The molecule has 0 fully saturated rings. The van der Waals surface area contributed by atoms with Crippen LogP contribution < -0.4 is 11.1 Å². The van der Waals surface area contributed by atoms with Gasteiger partial charge in [-0.25, -0.2) is 0 Å². The Morgan fingerprint density at radius 3 is 2.75 bits per heavy atom. The largest absolute Gasteiger partial charge is 0.397 e. The van der Waals surface area contributed by atoms with Gasteiger partial charge >= 0.3 is 0 Å². The third kappa shape index (κ3) is 3.30. The SMILES string of the molecule is Cc1ccc(NC(=O)CSc2nnc(C)n2C)c(N)c1. The van der Waals surface area contributed by atoms with Crippen LogP contribution in [0.4, 0.5) is 11.4 Å². The van der Waals surface area contributed by atoms with Crippen LogP contribution in [0.15, 0.2) is 23.4 Å². The van der Waals surface area contributed by atoms with Crippen molar-refractivity contribution in [2.45, 2.75) is 19.0 Å². The lowest BCUT2D eigenvalue weighted by atomic mass is 10.2. The highest BCUT2D eigenvalue weighted by Gasteiger charge is 2.10. The Labute approximate surface area is 121 Å². The highest BCUT2D eigenvalue weighted by molar-refractivity contribution is 7.99. The van der Waals surface area contributed by atoms with Crippen LogP contribution in [0, 0.1) is 13.8 Å². The molecule has 0 atom stereocenters. The van der Waals surface area contributed by atoms with Gasteiger partial charge in [0.1, 0.15) is 5.82 Å². The van der Waals surface area contributed by atoms with Crippen molar-refractivity contribution in [1.29, 1.82) is 0 Å². The Balaban J connectivity index is 1.94. The molecule has 0 aliphatic rings. The number of benzene rings is 1. The van der Waals surface area contributed by atoms with E-state index >= 15 is 0 Å². The second-order valence-electron chi connectivity index (χ2n) is 4.52. The maximum absolute atomic E-state index is 11.9. The van der Waals surface area contributed by atoms with Crippen LogP contribution in [0.1, 0.15) is 11.4 Å². The van der Waals surface area contributed by atoms with E-state index < -0.39 is 0 Å². The van der Waals surface area contributed by atoms with Gasteiger partial charge in [-0.2, -0.15) is 0 Å². The van der Waals surface area contributed by atoms with Crippen molar-refractivity contribution in [2.24, 2.45) is 7.05 Å². The first-order valence-corrected chi connectivity index (χ1v) is 7.10. The summed E-state index contributed by atoms with van der Waals surface area (Å²) in [7, 11) is 1.87. The maximum atomic E-state index is 11.9. The van der Waals surface area contributed by atoms with Gasteiger partial charge < -0.3 is 15.6 Å². The van der Waals surface area contributed by atoms with Gasteiger partial charge in [-0.15, -0.1) is 10.2 Å². The second kappa shape index (κ2) is 5.96. The molecule has 0 aliphatic carbocycles. The number of rotatable bonds is 4. The van der Waals surface area contributed by atoms with Gasteiger partial charge in [0.25, 0.3) is 0 Å². The minimum Gasteiger partial charge on any atom is -0.397 e. The quantitative estimate of drug-likeness (QED) is 0.662. The number of aryl methyl sites for hydroxylation is 2. The first-order valence-electron chi connectivity index (χ1n) is 6.12. The number of nitrogen functional groups attached to an aromatic ring is 1. The molecular weight excluding hydrogens is 274 g/mol. The molecule has 0 aliphatic heterocycles. The molecule has 0 unspecified atom stereocenters. The highest BCUT2D eigenvalue weighted by atomic mass is 32.2. The molecule has 1 amide bonds. The number of carbonyl (C=O) groups excluding carboxylic acids is 1. The highest BCUT2D eigenvalue weighted by Crippen LogP contribution is 2.20. The van der Waals surface area contributed by atoms with Crippen LogP contribution in [-0.4, -0.2) is 26.4 Å². The van der Waals surface area contributed by atoms with Crippen LogP contribution in [-0.2, 0) is 11.8 Å².